The molecule has 0 aliphatic carbocycles. The van der Waals surface area contributed by atoms with Crippen LogP contribution in [0.15, 0.2) is 48.8 Å². The molecule has 3 aromatic rings. The molecule has 8 heteroatoms. The number of anilines is 1. The van der Waals surface area contributed by atoms with Gasteiger partial charge >= 0.3 is 0 Å². The number of hydrogen-bond donors (Lipinski definition) is 1. The number of carbonyl (C=O) groups excluding carboxylic acids is 1. The molecular formula is C15H9Cl2FN4O. The molecule has 1 aromatic carbocycles. The predicted octanol–water partition coefficient (Wildman–Crippen LogP) is 3.97. The Kier molecular flexibility index (Phi) is 4.27. The van der Waals surface area contributed by atoms with Crippen LogP contribution < -0.4 is 5.32 Å². The second-order valence-corrected chi connectivity index (χ2v) is 5.38. The lowest BCUT2D eigenvalue weighted by atomic mass is 10.3. The van der Waals surface area contributed by atoms with E-state index in [1.165, 1.54) is 16.9 Å². The maximum atomic E-state index is 12.7. The molecule has 2 heterocycles. The van der Waals surface area contributed by atoms with Gasteiger partial charge in [0.05, 0.1) is 27.6 Å². The van der Waals surface area contributed by atoms with E-state index in [0.29, 0.717) is 21.4 Å². The Labute approximate surface area is 140 Å². The average Bonchev–Trinajstić information content (AvgIpc) is 3.02. The van der Waals surface area contributed by atoms with Crippen LogP contribution in [0.1, 0.15) is 10.5 Å². The highest BCUT2D eigenvalue weighted by Gasteiger charge is 2.11. The third-order valence-corrected chi connectivity index (χ3v) is 3.71. The van der Waals surface area contributed by atoms with E-state index in [4.69, 9.17) is 23.2 Å². The van der Waals surface area contributed by atoms with Crippen molar-refractivity contribution in [2.24, 2.45) is 0 Å². The number of amides is 1. The van der Waals surface area contributed by atoms with Crippen molar-refractivity contribution in [3.63, 3.8) is 0 Å². The van der Waals surface area contributed by atoms with Gasteiger partial charge in [-0.1, -0.05) is 23.2 Å². The van der Waals surface area contributed by atoms with Crippen LogP contribution in [0.2, 0.25) is 10.0 Å². The number of rotatable bonds is 3. The summed E-state index contributed by atoms with van der Waals surface area (Å²) in [6.45, 7) is 0. The number of nitrogens with zero attached hydrogens (tertiary/aromatic N) is 3. The molecule has 2 aromatic heterocycles. The third kappa shape index (κ3) is 3.49. The van der Waals surface area contributed by atoms with Crippen LogP contribution in [0.25, 0.3) is 5.69 Å². The highest BCUT2D eigenvalue weighted by molar-refractivity contribution is 6.42. The third-order valence-electron chi connectivity index (χ3n) is 2.97. The lowest BCUT2D eigenvalue weighted by molar-refractivity contribution is 0.102. The molecule has 0 radical (unpaired) electrons. The minimum Gasteiger partial charge on any atom is -0.319 e. The second-order valence-electron chi connectivity index (χ2n) is 4.57. The summed E-state index contributed by atoms with van der Waals surface area (Å²) in [5.41, 5.74) is 1.24. The predicted molar refractivity (Wildman–Crippen MR) is 85.7 cm³/mol. The van der Waals surface area contributed by atoms with E-state index in [2.05, 4.69) is 15.4 Å². The molecule has 0 bridgehead atoms. The fraction of sp³-hybridized carbons (Fsp3) is 0. The van der Waals surface area contributed by atoms with Crippen molar-refractivity contribution in [1.29, 1.82) is 0 Å². The summed E-state index contributed by atoms with van der Waals surface area (Å²) in [6, 6.07) is 9.13. The molecule has 116 valence electrons. The van der Waals surface area contributed by atoms with Crippen LogP contribution in [0.4, 0.5) is 10.1 Å². The first-order chi connectivity index (χ1) is 11.0. The maximum Gasteiger partial charge on any atom is 0.276 e. The van der Waals surface area contributed by atoms with Gasteiger partial charge in [0.2, 0.25) is 5.95 Å². The lowest BCUT2D eigenvalue weighted by Gasteiger charge is -2.04. The Morgan fingerprint density at radius 3 is 2.65 bits per heavy atom. The second kappa shape index (κ2) is 6.36. The molecule has 0 unspecified atom stereocenters. The summed E-state index contributed by atoms with van der Waals surface area (Å²) < 4.78 is 14.2. The fourth-order valence-electron chi connectivity index (χ4n) is 1.86. The summed E-state index contributed by atoms with van der Waals surface area (Å²) in [7, 11) is 0. The van der Waals surface area contributed by atoms with E-state index in [0.717, 1.165) is 6.07 Å². The molecule has 1 amide bonds. The van der Waals surface area contributed by atoms with E-state index in [1.807, 2.05) is 0 Å². The molecule has 0 spiro atoms. The monoisotopic (exact) mass is 350 g/mol. The number of aromatic nitrogens is 3. The van der Waals surface area contributed by atoms with Gasteiger partial charge in [-0.15, -0.1) is 0 Å². The first-order valence-corrected chi connectivity index (χ1v) is 7.22. The van der Waals surface area contributed by atoms with E-state index in [-0.39, 0.29) is 5.69 Å². The molecule has 5 nitrogen and oxygen atoms in total. The number of benzene rings is 1. The van der Waals surface area contributed by atoms with Crippen molar-refractivity contribution >= 4 is 34.8 Å². The summed E-state index contributed by atoms with van der Waals surface area (Å²) in [4.78, 5) is 15.6. The van der Waals surface area contributed by atoms with E-state index in [1.54, 1.807) is 30.5 Å². The Morgan fingerprint density at radius 1 is 1.13 bits per heavy atom. The summed E-state index contributed by atoms with van der Waals surface area (Å²) >= 11 is 11.8. The van der Waals surface area contributed by atoms with Gasteiger partial charge in [-0.25, -0.2) is 9.67 Å². The molecule has 1 N–H and O–H groups in total. The Morgan fingerprint density at radius 2 is 1.96 bits per heavy atom. The van der Waals surface area contributed by atoms with Crippen LogP contribution in [0, 0.1) is 5.95 Å². The van der Waals surface area contributed by atoms with Gasteiger partial charge in [0.15, 0.2) is 5.69 Å². The van der Waals surface area contributed by atoms with Crippen molar-refractivity contribution in [3.05, 3.63) is 70.5 Å². The van der Waals surface area contributed by atoms with Gasteiger partial charge in [0, 0.05) is 6.20 Å². The molecular weight excluding hydrogens is 342 g/mol. The van der Waals surface area contributed by atoms with Crippen molar-refractivity contribution in [3.8, 4) is 5.69 Å². The Hall–Kier alpha value is -2.44. The molecule has 0 aliphatic rings. The Bertz CT molecular complexity index is 864. The smallest absolute Gasteiger partial charge is 0.276 e. The minimum absolute atomic E-state index is 0.195. The summed E-state index contributed by atoms with van der Waals surface area (Å²) in [6.07, 6.45) is 2.85. The number of pyridine rings is 1. The van der Waals surface area contributed by atoms with Gasteiger partial charge in [-0.05, 0) is 36.4 Å². The zero-order valence-corrected chi connectivity index (χ0v) is 13.0. The summed E-state index contributed by atoms with van der Waals surface area (Å²) in [5.74, 6) is -1.05. The lowest BCUT2D eigenvalue weighted by Crippen LogP contribution is -2.13. The molecule has 0 aliphatic heterocycles. The molecule has 0 saturated carbocycles. The van der Waals surface area contributed by atoms with Crippen LogP contribution in [0.3, 0.4) is 0 Å². The molecule has 0 atom stereocenters. The first-order valence-electron chi connectivity index (χ1n) is 6.47. The number of carbonyl (C=O) groups is 1. The van der Waals surface area contributed by atoms with Crippen molar-refractivity contribution in [1.82, 2.24) is 14.8 Å². The van der Waals surface area contributed by atoms with Gasteiger partial charge in [0.25, 0.3) is 5.91 Å². The summed E-state index contributed by atoms with van der Waals surface area (Å²) in [5, 5.41) is 7.58. The standard InChI is InChI=1S/C15H9Cl2FN4O/c16-11-3-2-10(7-12(11)17)22-6-5-13(21-22)15(23)20-9-1-4-14(18)19-8-9/h1-8H,(H,20,23). The SMILES string of the molecule is O=C(Nc1ccc(F)nc1)c1ccn(-c2ccc(Cl)c(Cl)c2)n1. The van der Waals surface area contributed by atoms with Gasteiger partial charge in [-0.3, -0.25) is 4.79 Å². The van der Waals surface area contributed by atoms with E-state index in [9.17, 15) is 9.18 Å². The number of nitrogens with one attached hydrogen (secondary N) is 1. The van der Waals surface area contributed by atoms with Crippen molar-refractivity contribution in [2.75, 3.05) is 5.32 Å². The largest absolute Gasteiger partial charge is 0.319 e. The molecule has 0 saturated heterocycles. The molecule has 23 heavy (non-hydrogen) atoms. The van der Waals surface area contributed by atoms with E-state index < -0.39 is 11.9 Å². The average molecular weight is 351 g/mol. The van der Waals surface area contributed by atoms with Gasteiger partial charge in [-0.2, -0.15) is 9.49 Å². The molecule has 3 rings (SSSR count). The first kappa shape index (κ1) is 15.5. The van der Waals surface area contributed by atoms with Gasteiger partial charge < -0.3 is 5.32 Å². The van der Waals surface area contributed by atoms with Crippen LogP contribution in [-0.4, -0.2) is 20.7 Å². The van der Waals surface area contributed by atoms with E-state index >= 15 is 0 Å². The zero-order valence-electron chi connectivity index (χ0n) is 11.5. The normalized spacial score (nSPS) is 10.6. The van der Waals surface area contributed by atoms with Crippen LogP contribution in [-0.2, 0) is 0 Å². The topological polar surface area (TPSA) is 59.8 Å². The zero-order chi connectivity index (χ0) is 16.4. The number of hydrogen-bond acceptors (Lipinski definition) is 3. The van der Waals surface area contributed by atoms with Crippen LogP contribution >= 0.6 is 23.2 Å². The quantitative estimate of drug-likeness (QED) is 0.727. The highest BCUT2D eigenvalue weighted by atomic mass is 35.5. The maximum absolute atomic E-state index is 12.7. The fourth-order valence-corrected chi connectivity index (χ4v) is 2.15. The van der Waals surface area contributed by atoms with Crippen molar-refractivity contribution in [2.45, 2.75) is 0 Å². The number of halogens is 3. The Balaban J connectivity index is 1.79. The van der Waals surface area contributed by atoms with Gasteiger partial charge in [0.1, 0.15) is 0 Å². The minimum atomic E-state index is -0.619. The highest BCUT2D eigenvalue weighted by Crippen LogP contribution is 2.24. The molecule has 0 fully saturated rings. The van der Waals surface area contributed by atoms with Crippen LogP contribution in [0.5, 0.6) is 0 Å². The van der Waals surface area contributed by atoms with Crippen molar-refractivity contribution < 1.29 is 9.18 Å².